The smallest absolute Gasteiger partial charge is 0.244 e. The highest BCUT2D eigenvalue weighted by atomic mass is 35.5. The largest absolute Gasteiger partial charge is 0.350 e. The first-order valence-corrected chi connectivity index (χ1v) is 14.9. The number of halogens is 1. The van der Waals surface area contributed by atoms with Gasteiger partial charge < -0.3 is 10.2 Å². The van der Waals surface area contributed by atoms with E-state index in [9.17, 15) is 18.0 Å². The Bertz CT molecular complexity index is 1390. The first-order valence-electron chi connectivity index (χ1n) is 12.7. The molecule has 0 aliphatic heterocycles. The van der Waals surface area contributed by atoms with E-state index in [2.05, 4.69) is 5.32 Å². The summed E-state index contributed by atoms with van der Waals surface area (Å²) in [4.78, 5) is 29.2. The van der Waals surface area contributed by atoms with Gasteiger partial charge >= 0.3 is 0 Å². The lowest BCUT2D eigenvalue weighted by Crippen LogP contribution is -2.56. The molecule has 39 heavy (non-hydrogen) atoms. The van der Waals surface area contributed by atoms with Crippen LogP contribution in [0.4, 0.5) is 5.69 Å². The molecule has 9 heteroatoms. The van der Waals surface area contributed by atoms with Crippen molar-refractivity contribution in [2.75, 3.05) is 17.1 Å². The van der Waals surface area contributed by atoms with Crippen molar-refractivity contribution in [2.45, 2.75) is 52.2 Å². The molecule has 0 aromatic heterocycles. The maximum atomic E-state index is 14.1. The second-order valence-corrected chi connectivity index (χ2v) is 13.0. The molecule has 0 fully saturated rings. The topological polar surface area (TPSA) is 86.8 Å². The monoisotopic (exact) mass is 569 g/mol. The molecule has 0 bridgehead atoms. The Kier molecular flexibility index (Phi) is 9.80. The first kappa shape index (κ1) is 30.2. The van der Waals surface area contributed by atoms with Crippen molar-refractivity contribution in [1.82, 2.24) is 10.2 Å². The third-order valence-electron chi connectivity index (χ3n) is 6.10. The molecule has 0 aliphatic carbocycles. The Labute approximate surface area is 236 Å². The summed E-state index contributed by atoms with van der Waals surface area (Å²) in [5, 5.41) is 3.56. The van der Waals surface area contributed by atoms with Crippen molar-refractivity contribution < 1.29 is 18.0 Å². The van der Waals surface area contributed by atoms with Gasteiger partial charge in [-0.3, -0.25) is 13.9 Å². The van der Waals surface area contributed by atoms with Gasteiger partial charge in [-0.1, -0.05) is 72.3 Å². The van der Waals surface area contributed by atoms with Crippen LogP contribution in [0.2, 0.25) is 5.02 Å². The molecule has 208 valence electrons. The molecule has 0 aliphatic rings. The van der Waals surface area contributed by atoms with Gasteiger partial charge in [0.05, 0.1) is 11.9 Å². The molecule has 0 radical (unpaired) electrons. The minimum atomic E-state index is -3.81. The number of para-hydroxylation sites is 1. The number of benzene rings is 3. The number of aryl methyl sites for hydroxylation is 1. The van der Waals surface area contributed by atoms with Crippen molar-refractivity contribution >= 4 is 39.1 Å². The summed E-state index contributed by atoms with van der Waals surface area (Å²) in [6.07, 6.45) is 1.33. The van der Waals surface area contributed by atoms with E-state index in [1.807, 2.05) is 51.1 Å². The molecule has 1 N–H and O–H groups in total. The first-order chi connectivity index (χ1) is 18.2. The Morgan fingerprint density at radius 1 is 0.897 bits per heavy atom. The van der Waals surface area contributed by atoms with Crippen LogP contribution in [0.25, 0.3) is 0 Å². The standard InChI is InChI=1S/C30H36ClN3O4S/c1-22-11-9-10-14-26(22)34(39(5,37)38)21-28(35)33(20-24-15-17-25(31)18-16-24)27(29(36)32-30(2,3)4)19-23-12-7-6-8-13-23/h6-18,27H,19-21H2,1-5H3,(H,32,36)/t27-/m0/s1. The highest BCUT2D eigenvalue weighted by Gasteiger charge is 2.34. The van der Waals surface area contributed by atoms with Gasteiger partial charge in [-0.05, 0) is 62.6 Å². The highest BCUT2D eigenvalue weighted by Crippen LogP contribution is 2.24. The fraction of sp³-hybridized carbons (Fsp3) is 0.333. The van der Waals surface area contributed by atoms with E-state index in [1.165, 1.54) is 4.90 Å². The van der Waals surface area contributed by atoms with E-state index in [1.54, 1.807) is 55.5 Å². The number of carbonyl (C=O) groups is 2. The van der Waals surface area contributed by atoms with Gasteiger partial charge in [0, 0.05) is 23.5 Å². The molecular weight excluding hydrogens is 534 g/mol. The predicted octanol–water partition coefficient (Wildman–Crippen LogP) is 4.97. The molecular formula is C30H36ClN3O4S. The second-order valence-electron chi connectivity index (χ2n) is 10.6. The summed E-state index contributed by atoms with van der Waals surface area (Å²) in [5.74, 6) is -0.820. The van der Waals surface area contributed by atoms with Crippen LogP contribution in [0.5, 0.6) is 0 Å². The van der Waals surface area contributed by atoms with Crippen LogP contribution in [0, 0.1) is 6.92 Å². The average Bonchev–Trinajstić information content (AvgIpc) is 2.85. The Morgan fingerprint density at radius 2 is 1.49 bits per heavy atom. The summed E-state index contributed by atoms with van der Waals surface area (Å²) in [5.41, 5.74) is 2.22. The molecule has 7 nitrogen and oxygen atoms in total. The van der Waals surface area contributed by atoms with Crippen LogP contribution in [-0.2, 0) is 32.6 Å². The maximum absolute atomic E-state index is 14.1. The summed E-state index contributed by atoms with van der Waals surface area (Å²) in [6, 6.07) is 22.6. The van der Waals surface area contributed by atoms with Gasteiger partial charge in [0.15, 0.2) is 0 Å². The van der Waals surface area contributed by atoms with Crippen LogP contribution < -0.4 is 9.62 Å². The molecule has 3 rings (SSSR count). The number of anilines is 1. The molecule has 3 aromatic rings. The molecule has 1 atom stereocenters. The molecule has 0 heterocycles. The van der Waals surface area contributed by atoms with E-state index >= 15 is 0 Å². The van der Waals surface area contributed by atoms with Crippen molar-refractivity contribution in [3.05, 3.63) is 101 Å². The number of nitrogens with zero attached hydrogens (tertiary/aromatic N) is 2. The van der Waals surface area contributed by atoms with Gasteiger partial charge in [0.2, 0.25) is 21.8 Å². The van der Waals surface area contributed by atoms with E-state index in [-0.39, 0.29) is 18.9 Å². The lowest BCUT2D eigenvalue weighted by atomic mass is 10.0. The number of rotatable bonds is 10. The average molecular weight is 570 g/mol. The van der Waals surface area contributed by atoms with E-state index in [4.69, 9.17) is 11.6 Å². The van der Waals surface area contributed by atoms with Crippen LogP contribution in [-0.4, -0.2) is 49.5 Å². The third-order valence-corrected chi connectivity index (χ3v) is 7.48. The number of nitrogens with one attached hydrogen (secondary N) is 1. The lowest BCUT2D eigenvalue weighted by Gasteiger charge is -2.35. The van der Waals surface area contributed by atoms with E-state index in [0.29, 0.717) is 16.3 Å². The Balaban J connectivity index is 2.08. The van der Waals surface area contributed by atoms with Gasteiger partial charge in [0.25, 0.3) is 0 Å². The molecule has 0 spiro atoms. The number of carbonyl (C=O) groups excluding carboxylic acids is 2. The fourth-order valence-corrected chi connectivity index (χ4v) is 5.26. The van der Waals surface area contributed by atoms with Crippen LogP contribution in [0.1, 0.15) is 37.5 Å². The number of hydrogen-bond acceptors (Lipinski definition) is 4. The number of hydrogen-bond donors (Lipinski definition) is 1. The fourth-order valence-electron chi connectivity index (χ4n) is 4.23. The SMILES string of the molecule is Cc1ccccc1N(CC(=O)N(Cc1ccc(Cl)cc1)[C@@H](Cc1ccccc1)C(=O)NC(C)(C)C)S(C)(=O)=O. The number of amides is 2. The van der Waals surface area contributed by atoms with Crippen molar-refractivity contribution in [2.24, 2.45) is 0 Å². The normalized spacial score (nSPS) is 12.5. The summed E-state index contributed by atoms with van der Waals surface area (Å²) < 4.78 is 26.9. The highest BCUT2D eigenvalue weighted by molar-refractivity contribution is 7.92. The summed E-state index contributed by atoms with van der Waals surface area (Å²) in [6.45, 7) is 7.05. The minimum Gasteiger partial charge on any atom is -0.350 e. The zero-order valence-corrected chi connectivity index (χ0v) is 24.6. The van der Waals surface area contributed by atoms with Gasteiger partial charge in [-0.25, -0.2) is 8.42 Å². The van der Waals surface area contributed by atoms with Crippen LogP contribution in [0.15, 0.2) is 78.9 Å². The molecule has 2 amide bonds. The maximum Gasteiger partial charge on any atom is 0.244 e. The number of sulfonamides is 1. The van der Waals surface area contributed by atoms with E-state index < -0.39 is 34.1 Å². The predicted molar refractivity (Wildman–Crippen MR) is 157 cm³/mol. The molecule has 0 unspecified atom stereocenters. The molecule has 0 saturated carbocycles. The van der Waals surface area contributed by atoms with Crippen LogP contribution in [0.3, 0.4) is 0 Å². The van der Waals surface area contributed by atoms with Crippen molar-refractivity contribution in [1.29, 1.82) is 0 Å². The van der Waals surface area contributed by atoms with Gasteiger partial charge in [0.1, 0.15) is 12.6 Å². The van der Waals surface area contributed by atoms with Gasteiger partial charge in [-0.15, -0.1) is 0 Å². The molecule has 0 saturated heterocycles. The van der Waals surface area contributed by atoms with Gasteiger partial charge in [-0.2, -0.15) is 0 Å². The second kappa shape index (κ2) is 12.7. The Morgan fingerprint density at radius 3 is 2.05 bits per heavy atom. The third kappa shape index (κ3) is 8.83. The zero-order chi connectivity index (χ0) is 28.8. The van der Waals surface area contributed by atoms with E-state index in [0.717, 1.165) is 21.7 Å². The summed E-state index contributed by atoms with van der Waals surface area (Å²) in [7, 11) is -3.81. The van der Waals surface area contributed by atoms with Crippen LogP contribution >= 0.6 is 11.6 Å². The van der Waals surface area contributed by atoms with Crippen molar-refractivity contribution in [3.63, 3.8) is 0 Å². The summed E-state index contributed by atoms with van der Waals surface area (Å²) >= 11 is 6.09. The Hall–Kier alpha value is -3.36. The lowest BCUT2D eigenvalue weighted by molar-refractivity contribution is -0.140. The quantitative estimate of drug-likeness (QED) is 0.373. The van der Waals surface area contributed by atoms with Crippen molar-refractivity contribution in [3.8, 4) is 0 Å². The molecule has 3 aromatic carbocycles. The zero-order valence-electron chi connectivity index (χ0n) is 23.0. The minimum absolute atomic E-state index is 0.0937.